The standard InChI is InChI=1S/C15H21N3O/c1-15(19,11-18(2)3)10-16-14-9-8-12-6-4-5-7-13(12)17-14/h4-9,19H,10-11H2,1-3H3,(H,16,17). The number of pyridine rings is 1. The Morgan fingerprint density at radius 2 is 1.95 bits per heavy atom. The maximum absolute atomic E-state index is 10.2. The van der Waals surface area contributed by atoms with Crippen LogP contribution in [0, 0.1) is 0 Å². The smallest absolute Gasteiger partial charge is 0.126 e. The third kappa shape index (κ3) is 3.91. The van der Waals surface area contributed by atoms with Crippen molar-refractivity contribution < 1.29 is 5.11 Å². The number of para-hydroxylation sites is 1. The van der Waals surface area contributed by atoms with Gasteiger partial charge in [0.15, 0.2) is 0 Å². The van der Waals surface area contributed by atoms with Gasteiger partial charge in [0.05, 0.1) is 11.1 Å². The predicted octanol–water partition coefficient (Wildman–Crippen LogP) is 1.96. The number of hydrogen-bond acceptors (Lipinski definition) is 4. The molecule has 0 aliphatic rings. The first-order valence-corrected chi connectivity index (χ1v) is 6.43. The molecule has 0 saturated carbocycles. The van der Waals surface area contributed by atoms with E-state index in [9.17, 15) is 5.11 Å². The highest BCUT2D eigenvalue weighted by molar-refractivity contribution is 5.80. The molecule has 1 unspecified atom stereocenters. The molecule has 2 aromatic rings. The lowest BCUT2D eigenvalue weighted by Gasteiger charge is -2.27. The average Bonchev–Trinajstić information content (AvgIpc) is 2.35. The average molecular weight is 259 g/mol. The third-order valence-electron chi connectivity index (χ3n) is 2.91. The highest BCUT2D eigenvalue weighted by atomic mass is 16.3. The first kappa shape index (κ1) is 13.8. The van der Waals surface area contributed by atoms with Crippen LogP contribution in [0.2, 0.25) is 0 Å². The van der Waals surface area contributed by atoms with E-state index in [2.05, 4.69) is 10.3 Å². The van der Waals surface area contributed by atoms with Crippen molar-refractivity contribution in [2.45, 2.75) is 12.5 Å². The van der Waals surface area contributed by atoms with E-state index in [0.29, 0.717) is 13.1 Å². The molecule has 4 nitrogen and oxygen atoms in total. The molecule has 0 spiro atoms. The number of benzene rings is 1. The minimum Gasteiger partial charge on any atom is -0.387 e. The van der Waals surface area contributed by atoms with Crippen LogP contribution in [0.15, 0.2) is 36.4 Å². The molecule has 0 bridgehead atoms. The minimum absolute atomic E-state index is 0.469. The fourth-order valence-corrected chi connectivity index (χ4v) is 2.18. The Labute approximate surface area is 114 Å². The van der Waals surface area contributed by atoms with Gasteiger partial charge in [-0.3, -0.25) is 0 Å². The summed E-state index contributed by atoms with van der Waals surface area (Å²) in [6, 6.07) is 12.0. The van der Waals surface area contributed by atoms with E-state index < -0.39 is 5.60 Å². The Bertz CT molecular complexity index is 552. The van der Waals surface area contributed by atoms with Crippen molar-refractivity contribution in [2.24, 2.45) is 0 Å². The second kappa shape index (κ2) is 5.55. The van der Waals surface area contributed by atoms with Crippen LogP contribution in [0.3, 0.4) is 0 Å². The fraction of sp³-hybridized carbons (Fsp3) is 0.400. The molecule has 1 atom stereocenters. The maximum Gasteiger partial charge on any atom is 0.126 e. The van der Waals surface area contributed by atoms with Crippen LogP contribution in [0.1, 0.15) is 6.92 Å². The summed E-state index contributed by atoms with van der Waals surface area (Å²) < 4.78 is 0. The number of rotatable bonds is 5. The molecule has 0 aliphatic carbocycles. The molecule has 2 rings (SSSR count). The van der Waals surface area contributed by atoms with Gasteiger partial charge in [0.25, 0.3) is 0 Å². The van der Waals surface area contributed by atoms with Crippen LogP contribution in [0.25, 0.3) is 10.9 Å². The lowest BCUT2D eigenvalue weighted by atomic mass is 10.1. The number of nitrogens with zero attached hydrogens (tertiary/aromatic N) is 2. The number of fused-ring (bicyclic) bond motifs is 1. The molecule has 0 amide bonds. The highest BCUT2D eigenvalue weighted by Gasteiger charge is 2.21. The summed E-state index contributed by atoms with van der Waals surface area (Å²) in [4.78, 5) is 6.49. The zero-order valence-electron chi connectivity index (χ0n) is 11.7. The maximum atomic E-state index is 10.2. The predicted molar refractivity (Wildman–Crippen MR) is 79.4 cm³/mol. The van der Waals surface area contributed by atoms with Crippen molar-refractivity contribution >= 4 is 16.7 Å². The van der Waals surface area contributed by atoms with Gasteiger partial charge >= 0.3 is 0 Å². The molecular weight excluding hydrogens is 238 g/mol. The van der Waals surface area contributed by atoms with Crippen LogP contribution < -0.4 is 5.32 Å². The molecule has 0 radical (unpaired) electrons. The van der Waals surface area contributed by atoms with Gasteiger partial charge in [-0.2, -0.15) is 0 Å². The molecular formula is C15H21N3O. The van der Waals surface area contributed by atoms with E-state index in [-0.39, 0.29) is 0 Å². The summed E-state index contributed by atoms with van der Waals surface area (Å²) in [7, 11) is 3.89. The number of likely N-dealkylation sites (N-methyl/N-ethyl adjacent to an activating group) is 1. The van der Waals surface area contributed by atoms with Gasteiger partial charge < -0.3 is 15.3 Å². The van der Waals surface area contributed by atoms with Gasteiger partial charge in [0, 0.05) is 18.5 Å². The minimum atomic E-state index is -0.781. The van der Waals surface area contributed by atoms with Gasteiger partial charge in [0.1, 0.15) is 5.82 Å². The SMILES string of the molecule is CN(C)CC(C)(O)CNc1ccc2ccccc2n1. The van der Waals surface area contributed by atoms with Crippen LogP contribution in [0.4, 0.5) is 5.82 Å². The van der Waals surface area contributed by atoms with Crippen molar-refractivity contribution in [2.75, 3.05) is 32.5 Å². The third-order valence-corrected chi connectivity index (χ3v) is 2.91. The van der Waals surface area contributed by atoms with Gasteiger partial charge in [-0.25, -0.2) is 4.98 Å². The second-order valence-corrected chi connectivity index (χ2v) is 5.48. The van der Waals surface area contributed by atoms with Crippen molar-refractivity contribution in [3.05, 3.63) is 36.4 Å². The van der Waals surface area contributed by atoms with E-state index in [1.54, 1.807) is 0 Å². The number of aromatic nitrogens is 1. The molecule has 0 aliphatic heterocycles. The van der Waals surface area contributed by atoms with Crippen LogP contribution >= 0.6 is 0 Å². The van der Waals surface area contributed by atoms with Crippen LogP contribution in [-0.2, 0) is 0 Å². The van der Waals surface area contributed by atoms with Gasteiger partial charge in [-0.15, -0.1) is 0 Å². The highest BCUT2D eigenvalue weighted by Crippen LogP contribution is 2.15. The normalized spacial score (nSPS) is 14.6. The van der Waals surface area contributed by atoms with E-state index in [0.717, 1.165) is 16.7 Å². The largest absolute Gasteiger partial charge is 0.387 e. The molecule has 2 N–H and O–H groups in total. The molecule has 1 aromatic carbocycles. The van der Waals surface area contributed by atoms with E-state index in [1.165, 1.54) is 0 Å². The summed E-state index contributed by atoms with van der Waals surface area (Å²) in [5, 5.41) is 14.5. The summed E-state index contributed by atoms with van der Waals surface area (Å²) in [6.07, 6.45) is 0. The van der Waals surface area contributed by atoms with Crippen molar-refractivity contribution in [1.82, 2.24) is 9.88 Å². The van der Waals surface area contributed by atoms with E-state index >= 15 is 0 Å². The zero-order valence-corrected chi connectivity index (χ0v) is 11.7. The molecule has 0 fully saturated rings. The van der Waals surface area contributed by atoms with Crippen molar-refractivity contribution in [3.63, 3.8) is 0 Å². The molecule has 19 heavy (non-hydrogen) atoms. The van der Waals surface area contributed by atoms with Crippen molar-refractivity contribution in [3.8, 4) is 0 Å². The van der Waals surface area contributed by atoms with E-state index in [1.807, 2.05) is 62.3 Å². The Morgan fingerprint density at radius 3 is 2.68 bits per heavy atom. The molecule has 0 saturated heterocycles. The zero-order chi connectivity index (χ0) is 13.9. The summed E-state index contributed by atoms with van der Waals surface area (Å²) >= 11 is 0. The Hall–Kier alpha value is -1.65. The molecule has 102 valence electrons. The summed E-state index contributed by atoms with van der Waals surface area (Å²) in [5.74, 6) is 0.790. The molecule has 1 aromatic heterocycles. The topological polar surface area (TPSA) is 48.4 Å². The number of nitrogens with one attached hydrogen (secondary N) is 1. The monoisotopic (exact) mass is 259 g/mol. The molecule has 1 heterocycles. The van der Waals surface area contributed by atoms with E-state index in [4.69, 9.17) is 0 Å². The fourth-order valence-electron chi connectivity index (χ4n) is 2.18. The Morgan fingerprint density at radius 1 is 1.21 bits per heavy atom. The number of anilines is 1. The van der Waals surface area contributed by atoms with Crippen LogP contribution in [0.5, 0.6) is 0 Å². The summed E-state index contributed by atoms with van der Waals surface area (Å²) in [6.45, 7) is 2.89. The Balaban J connectivity index is 2.05. The van der Waals surface area contributed by atoms with Gasteiger partial charge in [0.2, 0.25) is 0 Å². The van der Waals surface area contributed by atoms with Gasteiger partial charge in [-0.1, -0.05) is 18.2 Å². The first-order chi connectivity index (χ1) is 8.96. The second-order valence-electron chi connectivity index (χ2n) is 5.48. The molecule has 4 heteroatoms. The lowest BCUT2D eigenvalue weighted by molar-refractivity contribution is 0.0459. The number of hydrogen-bond donors (Lipinski definition) is 2. The first-order valence-electron chi connectivity index (χ1n) is 6.43. The summed E-state index contributed by atoms with van der Waals surface area (Å²) in [5.41, 5.74) is 0.177. The Kier molecular flexibility index (Phi) is 4.02. The van der Waals surface area contributed by atoms with Crippen molar-refractivity contribution in [1.29, 1.82) is 0 Å². The number of aliphatic hydroxyl groups is 1. The van der Waals surface area contributed by atoms with Crippen LogP contribution in [-0.4, -0.2) is 47.8 Å². The lowest BCUT2D eigenvalue weighted by Crippen LogP contribution is -2.43. The van der Waals surface area contributed by atoms with Gasteiger partial charge in [-0.05, 0) is 39.2 Å². The quantitative estimate of drug-likeness (QED) is 0.862.